The third kappa shape index (κ3) is 3.90. The van der Waals surface area contributed by atoms with Crippen LogP contribution in [0.4, 0.5) is 5.95 Å². The van der Waals surface area contributed by atoms with Gasteiger partial charge in [0.05, 0.1) is 20.3 Å². The zero-order chi connectivity index (χ0) is 19.3. The highest BCUT2D eigenvalue weighted by atomic mass is 16.5. The summed E-state index contributed by atoms with van der Waals surface area (Å²) in [6.07, 6.45) is 9.59. The second-order valence-electron chi connectivity index (χ2n) is 6.78. The average molecular weight is 380 g/mol. The van der Waals surface area contributed by atoms with Crippen LogP contribution >= 0.6 is 0 Å². The number of piperidine rings is 1. The number of methoxy groups -OCH3 is 2. The number of aromatic nitrogens is 5. The molecule has 0 aliphatic carbocycles. The Hall–Kier alpha value is -3.16. The molecule has 3 aromatic rings. The maximum absolute atomic E-state index is 5.26. The summed E-state index contributed by atoms with van der Waals surface area (Å²) < 4.78 is 12.8. The Balaban J connectivity index is 1.45. The topological polar surface area (TPSA) is 78.2 Å². The fourth-order valence-electron chi connectivity index (χ4n) is 3.58. The highest BCUT2D eigenvalue weighted by Crippen LogP contribution is 2.30. The zero-order valence-electron chi connectivity index (χ0n) is 16.2. The molecule has 3 aromatic heterocycles. The number of ether oxygens (including phenoxy) is 2. The molecule has 0 radical (unpaired) electrons. The highest BCUT2D eigenvalue weighted by Gasteiger charge is 2.26. The van der Waals surface area contributed by atoms with Crippen molar-refractivity contribution in [1.82, 2.24) is 24.5 Å². The van der Waals surface area contributed by atoms with Gasteiger partial charge in [-0.3, -0.25) is 4.98 Å². The molecule has 4 rings (SSSR count). The molecule has 1 aliphatic rings. The molecule has 1 saturated heterocycles. The molecule has 28 heavy (non-hydrogen) atoms. The van der Waals surface area contributed by atoms with Gasteiger partial charge in [-0.05, 0) is 30.5 Å². The summed E-state index contributed by atoms with van der Waals surface area (Å²) in [5.41, 5.74) is 1.23. The van der Waals surface area contributed by atoms with Gasteiger partial charge in [-0.2, -0.15) is 9.97 Å². The molecular formula is C20H24N6O2. The maximum Gasteiger partial charge on any atom is 0.231 e. The van der Waals surface area contributed by atoms with Crippen molar-refractivity contribution < 1.29 is 9.47 Å². The van der Waals surface area contributed by atoms with Crippen molar-refractivity contribution >= 4 is 5.95 Å². The van der Waals surface area contributed by atoms with E-state index in [1.807, 2.05) is 30.7 Å². The Kier molecular flexibility index (Phi) is 5.36. The first kappa shape index (κ1) is 18.2. The van der Waals surface area contributed by atoms with E-state index in [4.69, 9.17) is 9.47 Å². The van der Waals surface area contributed by atoms with Gasteiger partial charge >= 0.3 is 0 Å². The fraction of sp³-hybridized carbons (Fsp3) is 0.400. The van der Waals surface area contributed by atoms with E-state index in [1.54, 1.807) is 20.3 Å². The van der Waals surface area contributed by atoms with E-state index in [1.165, 1.54) is 5.56 Å². The summed E-state index contributed by atoms with van der Waals surface area (Å²) in [5, 5.41) is 0. The fourth-order valence-corrected chi connectivity index (χ4v) is 3.58. The van der Waals surface area contributed by atoms with Gasteiger partial charge in [0.25, 0.3) is 0 Å². The van der Waals surface area contributed by atoms with Crippen LogP contribution in [0.25, 0.3) is 0 Å². The predicted octanol–water partition coefficient (Wildman–Crippen LogP) is 2.52. The first-order valence-electron chi connectivity index (χ1n) is 9.38. The van der Waals surface area contributed by atoms with Crippen molar-refractivity contribution in [2.45, 2.75) is 25.3 Å². The quantitative estimate of drug-likeness (QED) is 0.650. The van der Waals surface area contributed by atoms with E-state index in [0.717, 1.165) is 38.3 Å². The normalized spacial score (nSPS) is 14.9. The average Bonchev–Trinajstić information content (AvgIpc) is 3.22. The summed E-state index contributed by atoms with van der Waals surface area (Å²) >= 11 is 0. The molecule has 0 aromatic carbocycles. The lowest BCUT2D eigenvalue weighted by Gasteiger charge is -2.32. The van der Waals surface area contributed by atoms with E-state index in [9.17, 15) is 0 Å². The van der Waals surface area contributed by atoms with Gasteiger partial charge in [0.1, 0.15) is 5.82 Å². The molecule has 8 heteroatoms. The molecule has 0 bridgehead atoms. The van der Waals surface area contributed by atoms with Crippen LogP contribution in [0, 0.1) is 0 Å². The summed E-state index contributed by atoms with van der Waals surface area (Å²) in [4.78, 5) is 19.9. The molecule has 0 amide bonds. The number of anilines is 1. The van der Waals surface area contributed by atoms with Crippen molar-refractivity contribution in [2.24, 2.45) is 0 Å². The number of nitrogens with zero attached hydrogens (tertiary/aromatic N) is 6. The Morgan fingerprint density at radius 1 is 1.00 bits per heavy atom. The standard InChI is InChI=1S/C20H24N6O2/c1-27-17-13-18(28-2)24-20(23-17)25-10-5-16(6-11-25)19-22-9-12-26(19)14-15-3-7-21-8-4-15/h3-4,7-9,12-13,16H,5-6,10-11,14H2,1-2H3. The Labute approximate surface area is 164 Å². The van der Waals surface area contributed by atoms with Gasteiger partial charge in [-0.15, -0.1) is 0 Å². The lowest BCUT2D eigenvalue weighted by atomic mass is 9.96. The van der Waals surface area contributed by atoms with Crippen molar-refractivity contribution in [3.05, 3.63) is 54.4 Å². The predicted molar refractivity (Wildman–Crippen MR) is 105 cm³/mol. The van der Waals surface area contributed by atoms with Crippen LogP contribution in [-0.2, 0) is 6.54 Å². The molecule has 0 saturated carbocycles. The molecule has 0 unspecified atom stereocenters. The van der Waals surface area contributed by atoms with Crippen molar-refractivity contribution in [3.8, 4) is 11.8 Å². The van der Waals surface area contributed by atoms with Crippen molar-refractivity contribution in [2.75, 3.05) is 32.2 Å². The van der Waals surface area contributed by atoms with Crippen LogP contribution in [-0.4, -0.2) is 51.8 Å². The van der Waals surface area contributed by atoms with Crippen LogP contribution in [0.3, 0.4) is 0 Å². The molecule has 8 nitrogen and oxygen atoms in total. The number of pyridine rings is 1. The third-order valence-corrected chi connectivity index (χ3v) is 5.08. The third-order valence-electron chi connectivity index (χ3n) is 5.08. The van der Waals surface area contributed by atoms with Crippen LogP contribution < -0.4 is 14.4 Å². The second kappa shape index (κ2) is 8.24. The van der Waals surface area contributed by atoms with E-state index in [2.05, 4.69) is 35.6 Å². The van der Waals surface area contributed by atoms with E-state index in [0.29, 0.717) is 23.6 Å². The molecule has 0 N–H and O–H groups in total. The maximum atomic E-state index is 5.26. The van der Waals surface area contributed by atoms with Crippen LogP contribution in [0.2, 0.25) is 0 Å². The second-order valence-corrected chi connectivity index (χ2v) is 6.78. The highest BCUT2D eigenvalue weighted by molar-refractivity contribution is 5.37. The molecule has 146 valence electrons. The van der Waals surface area contributed by atoms with Crippen molar-refractivity contribution in [1.29, 1.82) is 0 Å². The van der Waals surface area contributed by atoms with Crippen LogP contribution in [0.1, 0.15) is 30.1 Å². The Bertz CT molecular complexity index is 884. The minimum atomic E-state index is 0.417. The first-order valence-corrected chi connectivity index (χ1v) is 9.38. The smallest absolute Gasteiger partial charge is 0.231 e. The zero-order valence-corrected chi connectivity index (χ0v) is 16.2. The van der Waals surface area contributed by atoms with E-state index >= 15 is 0 Å². The van der Waals surface area contributed by atoms with Gasteiger partial charge in [-0.25, -0.2) is 4.98 Å². The van der Waals surface area contributed by atoms with E-state index in [-0.39, 0.29) is 0 Å². The number of hydrogen-bond acceptors (Lipinski definition) is 7. The van der Waals surface area contributed by atoms with Gasteiger partial charge in [-0.1, -0.05) is 0 Å². The molecule has 1 fully saturated rings. The minimum absolute atomic E-state index is 0.417. The Morgan fingerprint density at radius 2 is 1.68 bits per heavy atom. The largest absolute Gasteiger partial charge is 0.481 e. The lowest BCUT2D eigenvalue weighted by Crippen LogP contribution is -2.35. The number of hydrogen-bond donors (Lipinski definition) is 0. The minimum Gasteiger partial charge on any atom is -0.481 e. The molecule has 4 heterocycles. The van der Waals surface area contributed by atoms with Gasteiger partial charge in [0.15, 0.2) is 0 Å². The lowest BCUT2D eigenvalue weighted by molar-refractivity contribution is 0.369. The van der Waals surface area contributed by atoms with Crippen LogP contribution in [0.15, 0.2) is 43.0 Å². The SMILES string of the molecule is COc1cc(OC)nc(N2CCC(c3nccn3Cc3ccncc3)CC2)n1. The number of imidazole rings is 1. The summed E-state index contributed by atoms with van der Waals surface area (Å²) in [6, 6.07) is 5.77. The number of rotatable bonds is 6. The van der Waals surface area contributed by atoms with Gasteiger partial charge in [0.2, 0.25) is 17.7 Å². The summed E-state index contributed by atoms with van der Waals surface area (Å²) in [7, 11) is 3.20. The monoisotopic (exact) mass is 380 g/mol. The van der Waals surface area contributed by atoms with Crippen molar-refractivity contribution in [3.63, 3.8) is 0 Å². The van der Waals surface area contributed by atoms with Gasteiger partial charge in [0, 0.05) is 50.3 Å². The molecule has 1 aliphatic heterocycles. The summed E-state index contributed by atoms with van der Waals surface area (Å²) in [6.45, 7) is 2.54. The molecular weight excluding hydrogens is 356 g/mol. The summed E-state index contributed by atoms with van der Waals surface area (Å²) in [5.74, 6) is 3.23. The Morgan fingerprint density at radius 3 is 2.32 bits per heavy atom. The van der Waals surface area contributed by atoms with Crippen LogP contribution in [0.5, 0.6) is 11.8 Å². The molecule has 0 atom stereocenters. The van der Waals surface area contributed by atoms with E-state index < -0.39 is 0 Å². The van der Waals surface area contributed by atoms with Gasteiger partial charge < -0.3 is 18.9 Å². The molecule has 0 spiro atoms. The first-order chi connectivity index (χ1) is 13.8.